The van der Waals surface area contributed by atoms with Crippen LogP contribution in [0.2, 0.25) is 5.02 Å². The Balaban J connectivity index is 1.58. The van der Waals surface area contributed by atoms with Crippen molar-refractivity contribution in [2.45, 2.75) is 46.4 Å². The van der Waals surface area contributed by atoms with Crippen molar-refractivity contribution in [3.05, 3.63) is 122 Å². The van der Waals surface area contributed by atoms with Gasteiger partial charge in [-0.3, -0.25) is 9.36 Å². The molecule has 0 aliphatic carbocycles. The number of para-hydroxylation sites is 1. The lowest BCUT2D eigenvalue weighted by molar-refractivity contribution is -0.139. The number of hydrogen-bond acceptors (Lipinski definition) is 7. The fourth-order valence-corrected chi connectivity index (χ4v) is 7.47. The van der Waals surface area contributed by atoms with Gasteiger partial charge in [0.2, 0.25) is 0 Å². The van der Waals surface area contributed by atoms with Crippen LogP contribution in [-0.2, 0) is 16.1 Å². The van der Waals surface area contributed by atoms with E-state index in [1.165, 1.54) is 11.3 Å². The maximum atomic E-state index is 14.1. The van der Waals surface area contributed by atoms with Crippen LogP contribution in [0.5, 0.6) is 11.5 Å². The molecular formula is C33H29Br2ClN2O5S. The maximum absolute atomic E-state index is 14.1. The monoisotopic (exact) mass is 758 g/mol. The molecule has 1 atom stereocenters. The van der Waals surface area contributed by atoms with Gasteiger partial charge in [0, 0.05) is 10.6 Å². The summed E-state index contributed by atoms with van der Waals surface area (Å²) in [5.74, 6) is 0.699. The molecule has 3 aromatic carbocycles. The number of allylic oxidation sites excluding steroid dienone is 1. The highest BCUT2D eigenvalue weighted by Crippen LogP contribution is 2.37. The number of carbonyl (C=O) groups is 1. The zero-order valence-electron chi connectivity index (χ0n) is 24.4. The van der Waals surface area contributed by atoms with E-state index in [2.05, 4.69) is 36.9 Å². The topological polar surface area (TPSA) is 79.1 Å². The first-order valence-electron chi connectivity index (χ1n) is 13.9. The van der Waals surface area contributed by atoms with Crippen LogP contribution in [0.1, 0.15) is 50.4 Å². The summed E-state index contributed by atoms with van der Waals surface area (Å²) >= 11 is 14.5. The highest BCUT2D eigenvalue weighted by atomic mass is 79.9. The molecular weight excluding hydrogens is 732 g/mol. The van der Waals surface area contributed by atoms with Crippen molar-refractivity contribution in [2.75, 3.05) is 6.61 Å². The van der Waals surface area contributed by atoms with E-state index in [0.717, 1.165) is 20.1 Å². The van der Waals surface area contributed by atoms with E-state index in [1.807, 2.05) is 74.5 Å². The lowest BCUT2D eigenvalue weighted by Crippen LogP contribution is -2.40. The summed E-state index contributed by atoms with van der Waals surface area (Å²) in [5, 5.41) is 0.664. The Morgan fingerprint density at radius 3 is 2.45 bits per heavy atom. The quantitative estimate of drug-likeness (QED) is 0.167. The van der Waals surface area contributed by atoms with Crippen LogP contribution >= 0.6 is 54.8 Å². The average Bonchev–Trinajstić information content (AvgIpc) is 3.26. The smallest absolute Gasteiger partial charge is 0.338 e. The summed E-state index contributed by atoms with van der Waals surface area (Å²) in [4.78, 5) is 32.5. The predicted molar refractivity (Wildman–Crippen MR) is 180 cm³/mol. The average molecular weight is 761 g/mol. The van der Waals surface area contributed by atoms with Crippen LogP contribution in [-0.4, -0.2) is 23.2 Å². The molecule has 5 rings (SSSR count). The molecule has 0 unspecified atom stereocenters. The summed E-state index contributed by atoms with van der Waals surface area (Å²) in [5.41, 5.74) is 2.95. The molecule has 0 radical (unpaired) electrons. The number of rotatable bonds is 9. The number of aromatic nitrogens is 1. The number of thiazole rings is 1. The van der Waals surface area contributed by atoms with E-state index in [1.54, 1.807) is 24.5 Å². The predicted octanol–water partition coefficient (Wildman–Crippen LogP) is 7.34. The number of halogens is 3. The van der Waals surface area contributed by atoms with E-state index < -0.39 is 12.0 Å². The van der Waals surface area contributed by atoms with E-state index in [4.69, 9.17) is 25.8 Å². The first-order chi connectivity index (χ1) is 21.1. The van der Waals surface area contributed by atoms with Gasteiger partial charge in [0.05, 0.1) is 37.5 Å². The van der Waals surface area contributed by atoms with Crippen molar-refractivity contribution in [3.8, 4) is 11.5 Å². The number of ether oxygens (including phenoxy) is 3. The van der Waals surface area contributed by atoms with Crippen molar-refractivity contribution in [1.82, 2.24) is 4.57 Å². The highest BCUT2D eigenvalue weighted by molar-refractivity contribution is 9.11. The normalized spacial score (nSPS) is 14.8. The van der Waals surface area contributed by atoms with Crippen molar-refractivity contribution in [3.63, 3.8) is 0 Å². The molecule has 0 amide bonds. The van der Waals surface area contributed by atoms with Gasteiger partial charge in [-0.05, 0) is 107 Å². The van der Waals surface area contributed by atoms with Crippen molar-refractivity contribution >= 4 is 66.8 Å². The van der Waals surface area contributed by atoms with E-state index in [-0.39, 0.29) is 18.3 Å². The minimum Gasteiger partial charge on any atom is -0.491 e. The summed E-state index contributed by atoms with van der Waals surface area (Å²) in [6, 6.07) is 17.9. The summed E-state index contributed by atoms with van der Waals surface area (Å²) < 4.78 is 21.1. The molecule has 11 heteroatoms. The molecule has 44 heavy (non-hydrogen) atoms. The second kappa shape index (κ2) is 13.9. The number of hydrogen-bond donors (Lipinski definition) is 0. The van der Waals surface area contributed by atoms with E-state index in [0.29, 0.717) is 49.3 Å². The number of carbonyl (C=O) groups excluding carboxylic acids is 1. The van der Waals surface area contributed by atoms with E-state index >= 15 is 0 Å². The molecule has 0 bridgehead atoms. The fraction of sp³-hybridized carbons (Fsp3) is 0.242. The van der Waals surface area contributed by atoms with Gasteiger partial charge < -0.3 is 14.2 Å². The Bertz CT molecular complexity index is 1910. The molecule has 1 aliphatic heterocycles. The molecule has 0 saturated heterocycles. The maximum Gasteiger partial charge on any atom is 0.338 e. The Labute approximate surface area is 280 Å². The Morgan fingerprint density at radius 1 is 1.11 bits per heavy atom. The lowest BCUT2D eigenvalue weighted by atomic mass is 9.95. The van der Waals surface area contributed by atoms with Crippen molar-refractivity contribution in [2.24, 2.45) is 4.99 Å². The molecule has 0 fully saturated rings. The largest absolute Gasteiger partial charge is 0.491 e. The molecule has 1 aromatic heterocycles. The third-order valence-electron chi connectivity index (χ3n) is 6.71. The molecule has 1 aliphatic rings. The molecule has 4 aromatic rings. The molecule has 0 N–H and O–H groups in total. The number of nitrogens with zero attached hydrogens (tertiary/aromatic N) is 2. The highest BCUT2D eigenvalue weighted by Gasteiger charge is 2.35. The number of fused-ring (bicyclic) bond motifs is 1. The van der Waals surface area contributed by atoms with Crippen LogP contribution in [0.3, 0.4) is 0 Å². The van der Waals surface area contributed by atoms with Crippen LogP contribution < -0.4 is 24.4 Å². The van der Waals surface area contributed by atoms with Gasteiger partial charge in [-0.2, -0.15) is 0 Å². The SMILES string of the molecule is CCOC(=O)C1=C(C)N=c2s/c(=C/c3cc(Br)c(OCc4ccc(Cl)cc4)c(Br)c3)c(=O)n2[C@H]1c1ccccc1OC(C)C. The van der Waals surface area contributed by atoms with Gasteiger partial charge in [-0.15, -0.1) is 0 Å². The van der Waals surface area contributed by atoms with Crippen molar-refractivity contribution in [1.29, 1.82) is 0 Å². The zero-order chi connectivity index (χ0) is 31.5. The summed E-state index contributed by atoms with van der Waals surface area (Å²) in [7, 11) is 0. The van der Waals surface area contributed by atoms with Crippen LogP contribution in [0.25, 0.3) is 6.08 Å². The van der Waals surface area contributed by atoms with Gasteiger partial charge in [0.25, 0.3) is 5.56 Å². The molecule has 7 nitrogen and oxygen atoms in total. The van der Waals surface area contributed by atoms with Crippen LogP contribution in [0.4, 0.5) is 0 Å². The number of benzene rings is 3. The standard InChI is InChI=1S/C33H29Br2ClN2O5S/c1-5-41-32(40)28-19(4)37-33-38(29(28)23-8-6-7-9-26(23)43-18(2)3)31(39)27(44-33)16-21-14-24(34)30(25(35)15-21)42-17-20-10-12-22(36)13-11-20/h6-16,18,29H,5,17H2,1-4H3/b27-16+/t29-/m0/s1. The zero-order valence-corrected chi connectivity index (χ0v) is 29.1. The minimum atomic E-state index is -0.774. The summed E-state index contributed by atoms with van der Waals surface area (Å²) in [6.07, 6.45) is 1.69. The van der Waals surface area contributed by atoms with Crippen molar-refractivity contribution < 1.29 is 19.0 Å². The molecule has 0 spiro atoms. The van der Waals surface area contributed by atoms with Gasteiger partial charge in [0.15, 0.2) is 4.80 Å². The first-order valence-corrected chi connectivity index (χ1v) is 16.7. The van der Waals surface area contributed by atoms with Gasteiger partial charge in [-0.25, -0.2) is 9.79 Å². The Kier molecular flexibility index (Phi) is 10.1. The second-order valence-corrected chi connectivity index (χ2v) is 13.4. The van der Waals surface area contributed by atoms with Gasteiger partial charge in [-0.1, -0.05) is 53.3 Å². The van der Waals surface area contributed by atoms with Gasteiger partial charge >= 0.3 is 5.97 Å². The second-order valence-electron chi connectivity index (χ2n) is 10.2. The Morgan fingerprint density at radius 2 is 1.80 bits per heavy atom. The fourth-order valence-electron chi connectivity index (χ4n) is 4.84. The van der Waals surface area contributed by atoms with Gasteiger partial charge in [0.1, 0.15) is 24.1 Å². The molecule has 2 heterocycles. The molecule has 0 saturated carbocycles. The third kappa shape index (κ3) is 6.88. The third-order valence-corrected chi connectivity index (χ3v) is 9.12. The van der Waals surface area contributed by atoms with Crippen LogP contribution in [0.15, 0.2) is 90.7 Å². The Hall–Kier alpha value is -3.18. The first kappa shape index (κ1) is 32.2. The molecule has 228 valence electrons. The minimum absolute atomic E-state index is 0.113. The summed E-state index contributed by atoms with van der Waals surface area (Å²) in [6.45, 7) is 7.92. The lowest BCUT2D eigenvalue weighted by Gasteiger charge is -2.26. The number of esters is 1. The van der Waals surface area contributed by atoms with Crippen LogP contribution in [0, 0.1) is 0 Å². The van der Waals surface area contributed by atoms with E-state index in [9.17, 15) is 9.59 Å².